The number of rotatable bonds is 17. The molecule has 37 heteroatoms. The van der Waals surface area contributed by atoms with Crippen LogP contribution in [0, 0.1) is 18.2 Å². The average molecular weight is 1420 g/mol. The van der Waals surface area contributed by atoms with Crippen molar-refractivity contribution in [1.82, 2.24) is 39.5 Å². The zero-order chi connectivity index (χ0) is 70.6. The number of nitrogens with two attached hydrogens (primary N) is 1. The number of ether oxygens (including phenoxy) is 4. The number of para-hydroxylation sites is 2. The molecule has 512 valence electrons. The average Bonchev–Trinajstić information content (AvgIpc) is 1.66. The number of methoxy groups -OCH3 is 2. The molecule has 3 unspecified atom stereocenters. The Balaban J connectivity index is 0.000000224. The van der Waals surface area contributed by atoms with Crippen molar-refractivity contribution in [2.45, 2.75) is 87.8 Å². The summed E-state index contributed by atoms with van der Waals surface area (Å²) in [6.07, 6.45) is 9.20. The highest BCUT2D eigenvalue weighted by atomic mass is 35.5. The third-order valence-electron chi connectivity index (χ3n) is 13.1. The fraction of sp³-hybridized carbons (Fsp3) is 0.397. The number of carboxylic acid groups (broad SMARTS) is 1. The molecule has 5 aromatic rings. The van der Waals surface area contributed by atoms with Crippen LogP contribution in [0.4, 0.5) is 44.1 Å². The van der Waals surface area contributed by atoms with Crippen LogP contribution < -0.4 is 60.1 Å². The minimum Gasteiger partial charge on any atom is -0.489 e. The smallest absolute Gasteiger partial charge is 0.335 e. The molecule has 6 heterocycles. The highest BCUT2D eigenvalue weighted by molar-refractivity contribution is 7.90. The number of carboxylic acids is 1. The Morgan fingerprint density at radius 1 is 0.905 bits per heavy atom. The van der Waals surface area contributed by atoms with E-state index >= 15 is 0 Å². The lowest BCUT2D eigenvalue weighted by molar-refractivity contribution is -0.138. The van der Waals surface area contributed by atoms with Crippen LogP contribution in [-0.4, -0.2) is 185 Å². The zero-order valence-electron chi connectivity index (χ0n) is 52.8. The Labute approximate surface area is 561 Å². The number of nitrogens with zero attached hydrogens (tertiary/aromatic N) is 10. The number of urea groups is 1. The van der Waals surface area contributed by atoms with Gasteiger partial charge in [-0.2, -0.15) is 33.3 Å². The summed E-state index contributed by atoms with van der Waals surface area (Å²) in [5.41, 5.74) is 6.62. The van der Waals surface area contributed by atoms with Crippen molar-refractivity contribution < 1.29 is 79.9 Å². The summed E-state index contributed by atoms with van der Waals surface area (Å²) in [6, 6.07) is 11.8. The van der Waals surface area contributed by atoms with Gasteiger partial charge in [-0.25, -0.2) is 23.8 Å². The first-order chi connectivity index (χ1) is 44.7. The molecule has 0 spiro atoms. The monoisotopic (exact) mass is 1420 g/mol. The van der Waals surface area contributed by atoms with Crippen molar-refractivity contribution in [3.05, 3.63) is 88.6 Å². The number of pyridine rings is 1. The number of fused-ring (bicyclic) bond motifs is 2. The lowest BCUT2D eigenvalue weighted by Gasteiger charge is -2.35. The standard InChI is InChI=1S/C19H15FN2O4.C15H18N6O6S.C11H11Cl2NO2.C8H14ClN5.C5H12NO4P/c1-2-7-21-15-9-14(13(20)8-16(15)26-10-17(21)23)22-18(24)11-5-3-4-6-12(11)19(22)25;1-21(2)13(22)9-6-5-7-16-12(9)28(24,25)20-15(23)19-14-17-10(26-3)8-11(18-14)27-4;1-7-6-16-9-5-3-2-4-8(9)14(7)11(15)10(12)13;1-4-10-7-12-6(9)13-8(14-7)11-5(2)3;1-11(9,10)3-2-4(6)5(7)8/h1,8-9H,3-7,10H2;5-8H,1-4H3,(H2,17,18,19,20,23);2-5,7,10H,6H2,1H3;5H,4H2,1-3H3,(H2,10,11,12,13,14);4H,2-3,6H2,1H3,(H,7,8)(H,9,10). The van der Waals surface area contributed by atoms with E-state index in [1.807, 2.05) is 52.0 Å². The molecule has 7 amide bonds. The number of sulfonamides is 1. The molecule has 8 N–H and O–H groups in total. The molecule has 1 aliphatic carbocycles. The first kappa shape index (κ1) is 76.7. The van der Waals surface area contributed by atoms with Crippen molar-refractivity contribution in [3.8, 4) is 35.6 Å². The van der Waals surface area contributed by atoms with Gasteiger partial charge in [0.1, 0.15) is 24.1 Å². The van der Waals surface area contributed by atoms with Crippen LogP contribution in [0.2, 0.25) is 5.28 Å². The zero-order valence-corrected chi connectivity index (χ0v) is 56.7. The van der Waals surface area contributed by atoms with Gasteiger partial charge in [0.2, 0.25) is 34.9 Å². The number of alkyl halides is 2. The first-order valence-electron chi connectivity index (χ1n) is 28.6. The summed E-state index contributed by atoms with van der Waals surface area (Å²) >= 11 is 17.0. The van der Waals surface area contributed by atoms with Gasteiger partial charge in [0.15, 0.2) is 29.7 Å². The molecule has 0 saturated heterocycles. The van der Waals surface area contributed by atoms with Crippen LogP contribution in [0.5, 0.6) is 23.3 Å². The number of aliphatic carboxylic acids is 1. The number of carbonyl (C=O) groups is 7. The predicted octanol–water partition coefficient (Wildman–Crippen LogP) is 6.10. The third-order valence-corrected chi connectivity index (χ3v) is 16.0. The molecule has 9 rings (SSSR count). The quantitative estimate of drug-likeness (QED) is 0.0239. The Morgan fingerprint density at radius 2 is 1.53 bits per heavy atom. The summed E-state index contributed by atoms with van der Waals surface area (Å²) in [4.78, 5) is 120. The largest absolute Gasteiger partial charge is 0.489 e. The summed E-state index contributed by atoms with van der Waals surface area (Å²) in [5.74, 6) is -0.0331. The van der Waals surface area contributed by atoms with Gasteiger partial charge in [0.05, 0.1) is 55.5 Å². The van der Waals surface area contributed by atoms with Crippen molar-refractivity contribution in [2.75, 3.05) is 98.1 Å². The fourth-order valence-electron chi connectivity index (χ4n) is 8.73. The minimum absolute atomic E-state index is 0.0170. The highest BCUT2D eigenvalue weighted by Gasteiger charge is 2.42. The Hall–Kier alpha value is -9.03. The highest BCUT2D eigenvalue weighted by Crippen LogP contribution is 2.42. The number of nitrogens with one attached hydrogen (secondary N) is 4. The van der Waals surface area contributed by atoms with Crippen molar-refractivity contribution in [3.63, 3.8) is 0 Å². The number of amides is 7. The Morgan fingerprint density at radius 3 is 2.08 bits per heavy atom. The van der Waals surface area contributed by atoms with Gasteiger partial charge in [-0.15, -0.1) is 6.42 Å². The van der Waals surface area contributed by atoms with E-state index in [2.05, 4.69) is 51.8 Å². The number of benzene rings is 2. The van der Waals surface area contributed by atoms with Crippen molar-refractivity contribution in [1.29, 1.82) is 0 Å². The number of hydrogen-bond acceptors (Lipinski definition) is 23. The molecule has 95 heavy (non-hydrogen) atoms. The van der Waals surface area contributed by atoms with Crippen molar-refractivity contribution in [2.24, 2.45) is 5.73 Å². The Bertz CT molecular complexity index is 3850. The second-order valence-corrected chi connectivity index (χ2v) is 26.6. The lowest BCUT2D eigenvalue weighted by atomic mass is 9.93. The molecule has 0 fully saturated rings. The molecule has 0 radical (unpaired) electrons. The van der Waals surface area contributed by atoms with E-state index in [4.69, 9.17) is 75.9 Å². The van der Waals surface area contributed by atoms with E-state index in [0.717, 1.165) is 36.0 Å². The number of carbonyl (C=O) groups excluding carboxylic acids is 6. The molecule has 0 bridgehead atoms. The Kier molecular flexibility index (Phi) is 28.2. The van der Waals surface area contributed by atoms with E-state index in [-0.39, 0.29) is 95.3 Å². The molecular weight excluding hydrogens is 1350 g/mol. The van der Waals surface area contributed by atoms with E-state index in [0.29, 0.717) is 48.2 Å². The summed E-state index contributed by atoms with van der Waals surface area (Å²) < 4.78 is 72.8. The number of hydrogen-bond donors (Lipinski definition) is 7. The second kappa shape index (κ2) is 34.9. The minimum atomic E-state index is -4.46. The number of halogens is 4. The number of terminal acetylenes is 1. The number of aromatic nitrogens is 6. The van der Waals surface area contributed by atoms with E-state index < -0.39 is 68.8 Å². The maximum Gasteiger partial charge on any atom is 0.335 e. The van der Waals surface area contributed by atoms with E-state index in [1.165, 1.54) is 75.2 Å². The topological polar surface area (TPSA) is 413 Å². The number of imide groups is 1. The van der Waals surface area contributed by atoms with Crippen LogP contribution in [0.1, 0.15) is 70.2 Å². The molecule has 3 atom stereocenters. The molecular formula is C58H70Cl3FN15O16PS. The first-order valence-corrected chi connectivity index (χ1v) is 33.6. The molecule has 3 aromatic heterocycles. The molecule has 0 saturated carbocycles. The second-order valence-electron chi connectivity index (χ2n) is 21.0. The normalized spacial score (nSPS) is 15.4. The van der Waals surface area contributed by atoms with Crippen LogP contribution >= 0.6 is 42.2 Å². The van der Waals surface area contributed by atoms with E-state index in [1.54, 1.807) is 9.62 Å². The van der Waals surface area contributed by atoms with E-state index in [9.17, 15) is 50.9 Å². The molecule has 2 aromatic carbocycles. The maximum absolute atomic E-state index is 14.7. The molecule has 31 nitrogen and oxygen atoms in total. The summed E-state index contributed by atoms with van der Waals surface area (Å²) in [5, 5.41) is 16.1. The van der Waals surface area contributed by atoms with Crippen LogP contribution in [0.15, 0.2) is 77.0 Å². The fourth-order valence-corrected chi connectivity index (χ4v) is 10.9. The predicted molar refractivity (Wildman–Crippen MR) is 351 cm³/mol. The molecule has 3 aliphatic heterocycles. The summed E-state index contributed by atoms with van der Waals surface area (Å²) in [7, 11) is -1.95. The van der Waals surface area contributed by atoms with Gasteiger partial charge >= 0.3 is 12.0 Å². The van der Waals surface area contributed by atoms with Crippen LogP contribution in [-0.2, 0) is 38.6 Å². The van der Waals surface area contributed by atoms with Crippen LogP contribution in [0.25, 0.3) is 0 Å². The number of anilines is 6. The van der Waals surface area contributed by atoms with Gasteiger partial charge in [-0.05, 0) is 102 Å². The summed E-state index contributed by atoms with van der Waals surface area (Å²) in [6.45, 7) is 9.99. The van der Waals surface area contributed by atoms with Crippen LogP contribution in [0.3, 0.4) is 0 Å². The van der Waals surface area contributed by atoms with Gasteiger partial charge in [0, 0.05) is 62.9 Å². The van der Waals surface area contributed by atoms with Gasteiger partial charge < -0.3 is 55.1 Å². The third kappa shape index (κ3) is 21.5. The SMILES string of the molecule is C#CCN1C(=O)COc2cc(F)c(N3C(=O)C4=C(CCCC4)C3=O)cc21.CC1COc2ccccc2N1C(=O)C(Cl)Cl.CCNc1nc(Cl)nc(NC(C)C)n1.COc1cc(OC)nc(NC(=O)NS(=O)(=O)c2ncccc2C(=O)N(C)C)n1.CP(=O)(O)CCC(N)C(=O)O. The van der Waals surface area contributed by atoms with Gasteiger partial charge in [-0.1, -0.05) is 41.3 Å². The van der Waals surface area contributed by atoms with Gasteiger partial charge in [-0.3, -0.25) is 43.5 Å². The molecule has 4 aliphatic rings. The van der Waals surface area contributed by atoms with Gasteiger partial charge in [0.25, 0.3) is 39.6 Å². The lowest BCUT2D eigenvalue weighted by Crippen LogP contribution is -2.47. The van der Waals surface area contributed by atoms with Crippen molar-refractivity contribution >= 4 is 129 Å². The maximum atomic E-state index is 14.7.